The van der Waals surface area contributed by atoms with E-state index in [0.29, 0.717) is 6.07 Å². The summed E-state index contributed by atoms with van der Waals surface area (Å²) in [5.41, 5.74) is -1.64. The van der Waals surface area contributed by atoms with Gasteiger partial charge in [0.2, 0.25) is 0 Å². The summed E-state index contributed by atoms with van der Waals surface area (Å²) in [4.78, 5) is 42.1. The normalized spacial score (nSPS) is 17.9. The van der Waals surface area contributed by atoms with E-state index in [4.69, 9.17) is 24.2 Å². The molecule has 1 fully saturated rings. The van der Waals surface area contributed by atoms with E-state index in [0.717, 1.165) is 18.2 Å². The van der Waals surface area contributed by atoms with Gasteiger partial charge in [0.1, 0.15) is 51.1 Å². The molecule has 1 aliphatic rings. The molecular weight excluding hydrogens is 742 g/mol. The zero-order valence-corrected chi connectivity index (χ0v) is 33.3. The minimum Gasteiger partial charge on any atom is -0.788 e. The molecule has 1 saturated heterocycles. The van der Waals surface area contributed by atoms with E-state index < -0.39 is 61.8 Å². The number of rotatable bonds is 15. The summed E-state index contributed by atoms with van der Waals surface area (Å²) < 4.78 is 81.3. The summed E-state index contributed by atoms with van der Waals surface area (Å²) in [7, 11) is -5.44. The van der Waals surface area contributed by atoms with Crippen LogP contribution in [0.3, 0.4) is 0 Å². The van der Waals surface area contributed by atoms with E-state index >= 15 is 4.39 Å². The van der Waals surface area contributed by atoms with Crippen LogP contribution < -0.4 is 68.9 Å². The van der Waals surface area contributed by atoms with Gasteiger partial charge in [0, 0.05) is 22.4 Å². The monoisotopic (exact) mass is 770 g/mol. The molecule has 0 saturated carbocycles. The van der Waals surface area contributed by atoms with Crippen molar-refractivity contribution in [1.29, 1.82) is 5.26 Å². The third-order valence-corrected chi connectivity index (χ3v) is 8.51. The first kappa shape index (κ1) is 45.1. The minimum absolute atomic E-state index is 0. The van der Waals surface area contributed by atoms with Gasteiger partial charge in [-0.05, 0) is 37.3 Å². The summed E-state index contributed by atoms with van der Waals surface area (Å²) in [6.45, 7) is 0.336. The summed E-state index contributed by atoms with van der Waals surface area (Å²) in [5, 5.41) is 11.7. The van der Waals surface area contributed by atoms with Crippen molar-refractivity contribution >= 4 is 31.8 Å². The molecule has 2 atom stereocenters. The maximum Gasteiger partial charge on any atom is 1.00 e. The average molecular weight is 771 g/mol. The number of halogens is 3. The number of carbonyl (C=O) groups is 1. The number of hydrogen-bond acceptors (Lipinski definition) is 14. The fraction of sp³-hybridized carbons (Fsp3) is 0.333. The van der Waals surface area contributed by atoms with Gasteiger partial charge in [0.05, 0.1) is 36.6 Å². The third kappa shape index (κ3) is 14.0. The van der Waals surface area contributed by atoms with Gasteiger partial charge in [-0.1, -0.05) is 24.3 Å². The van der Waals surface area contributed by atoms with Gasteiger partial charge in [-0.3, -0.25) is 0 Å². The first-order valence-electron chi connectivity index (χ1n) is 14.3. The summed E-state index contributed by atoms with van der Waals surface area (Å²) in [6, 6.07) is 8.71. The van der Waals surface area contributed by atoms with Crippen molar-refractivity contribution in [3.8, 4) is 6.07 Å². The summed E-state index contributed by atoms with van der Waals surface area (Å²) in [5.74, 6) is -2.46. The molecule has 14 nitrogen and oxygen atoms in total. The molecule has 0 N–H and O–H groups in total. The molecule has 0 spiro atoms. The zero-order valence-electron chi connectivity index (χ0n) is 27.6. The van der Waals surface area contributed by atoms with E-state index in [1.54, 1.807) is 25.2 Å². The van der Waals surface area contributed by atoms with Crippen molar-refractivity contribution in [2.75, 3.05) is 26.4 Å². The number of phosphoric acid groups is 1. The van der Waals surface area contributed by atoms with Crippen LogP contribution in [-0.4, -0.2) is 64.1 Å². The van der Waals surface area contributed by atoms with Crippen LogP contribution >= 0.6 is 19.6 Å². The Morgan fingerprint density at radius 3 is 2.53 bits per heavy atom. The van der Waals surface area contributed by atoms with Crippen LogP contribution in [0.4, 0.5) is 18.0 Å². The molecule has 0 radical (unpaired) electrons. The number of allylic oxidation sites excluding steroid dienone is 2. The van der Waals surface area contributed by atoms with Crippen molar-refractivity contribution in [3.05, 3.63) is 101 Å². The van der Waals surface area contributed by atoms with Crippen LogP contribution in [0.1, 0.15) is 23.6 Å². The fourth-order valence-electron chi connectivity index (χ4n) is 4.56. The third-order valence-electron chi connectivity index (χ3n) is 6.78. The Hall–Kier alpha value is -2.05. The second-order valence-corrected chi connectivity index (χ2v) is 12.9. The van der Waals surface area contributed by atoms with Crippen LogP contribution in [0.5, 0.6) is 0 Å². The zero-order chi connectivity index (χ0) is 35.4. The Balaban J connectivity index is 0.00000451. The van der Waals surface area contributed by atoms with Crippen molar-refractivity contribution in [1.82, 2.24) is 14.8 Å². The van der Waals surface area contributed by atoms with Crippen molar-refractivity contribution in [3.63, 3.8) is 0 Å². The predicted octanol–water partition coefficient (Wildman–Crippen LogP) is -2.47. The molecular formula is C30H28F3N4Na2O10PS. The Kier molecular flexibility index (Phi) is 19.1. The van der Waals surface area contributed by atoms with Gasteiger partial charge in [-0.2, -0.15) is 10.4 Å². The quantitative estimate of drug-likeness (QED) is 0.0301. The Morgan fingerprint density at radius 2 is 1.90 bits per heavy atom. The number of ether oxygens (including phenoxy) is 4. The molecule has 51 heavy (non-hydrogen) atoms. The number of thioether (sulfide) groups is 1. The number of benzene rings is 2. The second-order valence-electron chi connectivity index (χ2n) is 10.2. The van der Waals surface area contributed by atoms with Crippen LogP contribution in [0.25, 0.3) is 6.08 Å². The van der Waals surface area contributed by atoms with E-state index in [1.165, 1.54) is 47.3 Å². The first-order valence-corrected chi connectivity index (χ1v) is 16.7. The SMILES string of the molecule is C[C@@H](S[C@H]1CO[C@H](/C=C/C=C/c2ccc(C#N)cc2F)OC1)[C@@](Cn1cncn1)(OC(=O)OCCOOP(=O)([O-])[O-])c1ccc(F)cc1F.[Na+].[Na+]. The molecule has 1 aromatic heterocycles. The molecule has 21 heteroatoms. The number of nitriles is 1. The minimum atomic E-state index is -5.44. The average Bonchev–Trinajstić information content (AvgIpc) is 3.56. The number of carbonyl (C=O) groups excluding carboxylic acids is 1. The van der Waals surface area contributed by atoms with Crippen LogP contribution in [0.2, 0.25) is 0 Å². The molecule has 4 rings (SSSR count). The molecule has 2 aromatic carbocycles. The standard InChI is InChI=1S/C30H30F3N4O10PS.2Na/c1-20(49-24-15-43-28(44-16-24)5-3-2-4-22-7-6-21(14-34)12-26(22)32)30(17-37-19-35-18-36-37,25-9-8-23(31)13-27(25)33)46-29(38)42-10-11-45-47-48(39,40)41;;/h2-9,12-13,18-20,24,28H,10-11,15-17H2,1H3,(H2,39,40,41);;/q;2*+1/p-2/b4-2+,5-3+;;/t20-,24-,28-,30-;;/m1../s1. The predicted molar refractivity (Wildman–Crippen MR) is 161 cm³/mol. The molecule has 0 aliphatic carbocycles. The number of aromatic nitrogens is 3. The Bertz CT molecular complexity index is 1730. The number of hydrogen-bond donors (Lipinski definition) is 0. The van der Waals surface area contributed by atoms with Crippen molar-refractivity contribution < 1.29 is 120 Å². The van der Waals surface area contributed by atoms with Crippen LogP contribution in [0, 0.1) is 28.8 Å². The van der Waals surface area contributed by atoms with Gasteiger partial charge in [-0.15, -0.1) is 11.8 Å². The van der Waals surface area contributed by atoms with E-state index in [2.05, 4.69) is 19.6 Å². The molecule has 0 unspecified atom stereocenters. The summed E-state index contributed by atoms with van der Waals surface area (Å²) in [6.07, 6.45) is 6.72. The molecule has 1 aliphatic heterocycles. The molecule has 0 bridgehead atoms. The Labute approximate surface area is 339 Å². The molecule has 262 valence electrons. The molecule has 0 amide bonds. The maximum atomic E-state index is 15.4. The molecule has 3 aromatic rings. The largest absolute Gasteiger partial charge is 1.00 e. The van der Waals surface area contributed by atoms with Gasteiger partial charge >= 0.3 is 65.3 Å². The topological polar surface area (TPSA) is 190 Å². The van der Waals surface area contributed by atoms with E-state index in [1.807, 2.05) is 6.07 Å². The smallest absolute Gasteiger partial charge is 0.788 e. The van der Waals surface area contributed by atoms with Crippen LogP contribution in [-0.2, 0) is 45.2 Å². The van der Waals surface area contributed by atoms with Crippen molar-refractivity contribution in [2.24, 2.45) is 0 Å². The second kappa shape index (κ2) is 21.6. The molecule has 2 heterocycles. The van der Waals surface area contributed by atoms with Crippen molar-refractivity contribution in [2.45, 2.75) is 35.9 Å². The van der Waals surface area contributed by atoms with Crippen LogP contribution in [0.15, 0.2) is 67.3 Å². The first-order chi connectivity index (χ1) is 23.4. The van der Waals surface area contributed by atoms with Gasteiger partial charge < -0.3 is 33.3 Å². The van der Waals surface area contributed by atoms with E-state index in [-0.39, 0.29) is 101 Å². The Morgan fingerprint density at radius 1 is 1.16 bits per heavy atom. The fourth-order valence-corrected chi connectivity index (χ4v) is 6.13. The van der Waals surface area contributed by atoms with Gasteiger partial charge in [0.25, 0.3) is 0 Å². The van der Waals surface area contributed by atoms with Gasteiger partial charge in [-0.25, -0.2) is 37.2 Å². The van der Waals surface area contributed by atoms with Gasteiger partial charge in [0.15, 0.2) is 11.9 Å². The maximum absolute atomic E-state index is 15.4. The number of nitrogens with zero attached hydrogens (tertiary/aromatic N) is 4. The van der Waals surface area contributed by atoms with E-state index in [9.17, 15) is 27.9 Å². The summed E-state index contributed by atoms with van der Waals surface area (Å²) >= 11 is 1.21.